The van der Waals surface area contributed by atoms with Crippen molar-refractivity contribution in [2.45, 2.75) is 6.54 Å². The number of carbonyl (C=O) groups excluding carboxylic acids is 1. The number of hydrogen-bond donors (Lipinski definition) is 1. The summed E-state index contributed by atoms with van der Waals surface area (Å²) in [6, 6.07) is 7.67. The van der Waals surface area contributed by atoms with Crippen LogP contribution >= 0.6 is 0 Å². The van der Waals surface area contributed by atoms with E-state index in [9.17, 15) is 4.79 Å². The Labute approximate surface area is 114 Å². The van der Waals surface area contributed by atoms with Crippen molar-refractivity contribution in [3.63, 3.8) is 0 Å². The van der Waals surface area contributed by atoms with Crippen molar-refractivity contribution < 1.29 is 9.90 Å². The van der Waals surface area contributed by atoms with Crippen molar-refractivity contribution >= 4 is 5.91 Å². The fraction of sp³-hybridized carbons (Fsp3) is 0.400. The van der Waals surface area contributed by atoms with E-state index in [0.29, 0.717) is 13.1 Å². The van der Waals surface area contributed by atoms with Gasteiger partial charge in [-0.15, -0.1) is 0 Å². The van der Waals surface area contributed by atoms with Crippen molar-refractivity contribution in [2.75, 3.05) is 34.3 Å². The van der Waals surface area contributed by atoms with Crippen molar-refractivity contribution in [3.05, 3.63) is 35.4 Å². The summed E-state index contributed by atoms with van der Waals surface area (Å²) in [7, 11) is 5.55. The third kappa shape index (κ3) is 5.56. The highest BCUT2D eigenvalue weighted by Crippen LogP contribution is 2.06. The number of rotatable bonds is 4. The summed E-state index contributed by atoms with van der Waals surface area (Å²) in [5, 5.41) is 8.61. The van der Waals surface area contributed by atoms with Crippen LogP contribution in [0.15, 0.2) is 24.3 Å². The minimum absolute atomic E-state index is 0.0918. The summed E-state index contributed by atoms with van der Waals surface area (Å²) in [5.41, 5.74) is 1.92. The van der Waals surface area contributed by atoms with Crippen molar-refractivity contribution in [1.82, 2.24) is 9.80 Å². The average Bonchev–Trinajstić information content (AvgIpc) is 2.37. The van der Waals surface area contributed by atoms with Gasteiger partial charge >= 0.3 is 0 Å². The molecule has 4 heteroatoms. The van der Waals surface area contributed by atoms with Gasteiger partial charge in [-0.1, -0.05) is 24.0 Å². The molecule has 0 spiro atoms. The molecular formula is C15H20N2O2. The highest BCUT2D eigenvalue weighted by atomic mass is 16.2. The first kappa shape index (κ1) is 15.2. The summed E-state index contributed by atoms with van der Waals surface area (Å²) in [6.07, 6.45) is 0. The lowest BCUT2D eigenvalue weighted by atomic mass is 10.1. The highest BCUT2D eigenvalue weighted by Gasteiger charge is 2.09. The zero-order chi connectivity index (χ0) is 14.3. The maximum Gasteiger partial charge on any atom is 0.236 e. The van der Waals surface area contributed by atoms with Gasteiger partial charge in [0.25, 0.3) is 0 Å². The molecule has 0 aliphatic carbocycles. The van der Waals surface area contributed by atoms with Crippen molar-refractivity contribution in [2.24, 2.45) is 0 Å². The Morgan fingerprint density at radius 2 is 1.84 bits per heavy atom. The second-order valence-corrected chi connectivity index (χ2v) is 4.64. The molecule has 0 fully saturated rings. The minimum atomic E-state index is -0.135. The van der Waals surface area contributed by atoms with Gasteiger partial charge in [0.1, 0.15) is 6.61 Å². The Morgan fingerprint density at radius 3 is 2.37 bits per heavy atom. The van der Waals surface area contributed by atoms with E-state index in [0.717, 1.165) is 11.1 Å². The van der Waals surface area contributed by atoms with E-state index in [1.165, 1.54) is 0 Å². The molecule has 0 aliphatic rings. The number of likely N-dealkylation sites (N-methyl/N-ethyl adjacent to an activating group) is 2. The number of aliphatic hydroxyl groups is 1. The second-order valence-electron chi connectivity index (χ2n) is 4.64. The lowest BCUT2D eigenvalue weighted by molar-refractivity contribution is -0.131. The van der Waals surface area contributed by atoms with Gasteiger partial charge < -0.3 is 14.9 Å². The number of nitrogens with zero attached hydrogens (tertiary/aromatic N) is 2. The third-order valence-electron chi connectivity index (χ3n) is 2.56. The zero-order valence-corrected chi connectivity index (χ0v) is 11.7. The van der Waals surface area contributed by atoms with Crippen LogP contribution in [0.1, 0.15) is 11.1 Å². The molecule has 4 nitrogen and oxygen atoms in total. The van der Waals surface area contributed by atoms with Gasteiger partial charge in [-0.2, -0.15) is 0 Å². The smallest absolute Gasteiger partial charge is 0.236 e. The van der Waals surface area contributed by atoms with Crippen LogP contribution in [0.5, 0.6) is 0 Å². The summed E-state index contributed by atoms with van der Waals surface area (Å²) in [6.45, 7) is 0.862. The molecule has 0 unspecified atom stereocenters. The fourth-order valence-electron chi connectivity index (χ4n) is 1.59. The van der Waals surface area contributed by atoms with Crippen LogP contribution in [-0.2, 0) is 11.3 Å². The highest BCUT2D eigenvalue weighted by molar-refractivity contribution is 5.77. The van der Waals surface area contributed by atoms with Crippen LogP contribution in [0.25, 0.3) is 0 Å². The van der Waals surface area contributed by atoms with Crippen LogP contribution < -0.4 is 0 Å². The monoisotopic (exact) mass is 260 g/mol. The third-order valence-corrected chi connectivity index (χ3v) is 2.56. The molecule has 1 amide bonds. The Bertz CT molecular complexity index is 469. The van der Waals surface area contributed by atoms with Gasteiger partial charge in [0.15, 0.2) is 0 Å². The molecule has 0 heterocycles. The molecular weight excluding hydrogens is 240 g/mol. The van der Waals surface area contributed by atoms with Gasteiger partial charge in [0.2, 0.25) is 5.91 Å². The first-order valence-electron chi connectivity index (χ1n) is 6.10. The maximum absolute atomic E-state index is 11.8. The maximum atomic E-state index is 11.8. The Balaban J connectivity index is 2.60. The van der Waals surface area contributed by atoms with Crippen molar-refractivity contribution in [3.8, 4) is 11.8 Å². The predicted molar refractivity (Wildman–Crippen MR) is 75.4 cm³/mol. The summed E-state index contributed by atoms with van der Waals surface area (Å²) in [5.74, 6) is 5.53. The van der Waals surface area contributed by atoms with E-state index in [1.54, 1.807) is 11.9 Å². The fourth-order valence-corrected chi connectivity index (χ4v) is 1.59. The molecule has 0 aromatic heterocycles. The molecule has 0 aliphatic heterocycles. The Hall–Kier alpha value is -1.83. The van der Waals surface area contributed by atoms with Gasteiger partial charge in [-0.05, 0) is 31.8 Å². The van der Waals surface area contributed by atoms with E-state index in [-0.39, 0.29) is 12.5 Å². The molecule has 19 heavy (non-hydrogen) atoms. The van der Waals surface area contributed by atoms with Crippen molar-refractivity contribution in [1.29, 1.82) is 0 Å². The molecule has 0 radical (unpaired) electrons. The molecule has 1 N–H and O–H groups in total. The Kier molecular flexibility index (Phi) is 6.07. The van der Waals surface area contributed by atoms with Gasteiger partial charge in [0.05, 0.1) is 6.54 Å². The number of hydrogen-bond acceptors (Lipinski definition) is 3. The van der Waals surface area contributed by atoms with E-state index in [2.05, 4.69) is 11.8 Å². The van der Waals surface area contributed by atoms with Crippen LogP contribution in [-0.4, -0.2) is 55.1 Å². The summed E-state index contributed by atoms with van der Waals surface area (Å²) in [4.78, 5) is 15.4. The zero-order valence-electron chi connectivity index (χ0n) is 11.7. The predicted octanol–water partition coefficient (Wildman–Crippen LogP) is 0.550. The van der Waals surface area contributed by atoms with Crippen LogP contribution in [0, 0.1) is 11.8 Å². The summed E-state index contributed by atoms with van der Waals surface area (Å²) >= 11 is 0. The molecule has 1 rings (SSSR count). The van der Waals surface area contributed by atoms with Crippen LogP contribution in [0.2, 0.25) is 0 Å². The molecule has 0 saturated carbocycles. The largest absolute Gasteiger partial charge is 0.384 e. The number of amides is 1. The van der Waals surface area contributed by atoms with Gasteiger partial charge in [0, 0.05) is 19.2 Å². The Morgan fingerprint density at radius 1 is 1.21 bits per heavy atom. The molecule has 1 aromatic carbocycles. The number of carbonyl (C=O) groups is 1. The first-order valence-corrected chi connectivity index (χ1v) is 6.10. The van der Waals surface area contributed by atoms with Gasteiger partial charge in [-0.3, -0.25) is 4.79 Å². The van der Waals surface area contributed by atoms with Crippen LogP contribution in [0.3, 0.4) is 0 Å². The number of benzene rings is 1. The molecule has 0 bridgehead atoms. The number of aliphatic hydroxyl groups excluding tert-OH is 1. The van der Waals surface area contributed by atoms with E-state index in [1.807, 2.05) is 43.3 Å². The normalized spacial score (nSPS) is 9.95. The second kappa shape index (κ2) is 7.57. The SMILES string of the molecule is CN(C)CC(=O)N(C)Cc1ccc(C#CCO)cc1. The minimum Gasteiger partial charge on any atom is -0.384 e. The first-order chi connectivity index (χ1) is 9.02. The quantitative estimate of drug-likeness (QED) is 0.804. The molecule has 1 aromatic rings. The average molecular weight is 260 g/mol. The van der Waals surface area contributed by atoms with Crippen LogP contribution in [0.4, 0.5) is 0 Å². The topological polar surface area (TPSA) is 43.8 Å². The molecule has 0 saturated heterocycles. The van der Waals surface area contributed by atoms with E-state index >= 15 is 0 Å². The molecule has 102 valence electrons. The van der Waals surface area contributed by atoms with E-state index < -0.39 is 0 Å². The van der Waals surface area contributed by atoms with E-state index in [4.69, 9.17) is 5.11 Å². The standard InChI is InChI=1S/C15H20N2O2/c1-16(2)12-15(19)17(3)11-14-8-6-13(7-9-14)5-4-10-18/h6-9,18H,10-12H2,1-3H3. The lowest BCUT2D eigenvalue weighted by Gasteiger charge is -2.19. The summed E-state index contributed by atoms with van der Waals surface area (Å²) < 4.78 is 0. The lowest BCUT2D eigenvalue weighted by Crippen LogP contribution is -2.34. The molecule has 0 atom stereocenters. The van der Waals surface area contributed by atoms with Gasteiger partial charge in [-0.25, -0.2) is 0 Å².